The number of sulfonamides is 1. The van der Waals surface area contributed by atoms with Crippen LogP contribution in [0, 0.1) is 23.1 Å². The Morgan fingerprint density at radius 2 is 2.09 bits per heavy atom. The summed E-state index contributed by atoms with van der Waals surface area (Å²) in [4.78, 5) is 14.5. The number of hydrogen-bond acceptors (Lipinski definition) is 4. The molecule has 1 aromatic carbocycles. The van der Waals surface area contributed by atoms with Crippen LogP contribution >= 0.6 is 0 Å². The van der Waals surface area contributed by atoms with Crippen molar-refractivity contribution in [2.75, 3.05) is 13.1 Å². The van der Waals surface area contributed by atoms with Gasteiger partial charge in [0.25, 0.3) is 0 Å². The van der Waals surface area contributed by atoms with Crippen molar-refractivity contribution < 1.29 is 17.6 Å². The number of rotatable bonds is 7. The number of piperidine rings is 1. The third-order valence-corrected chi connectivity index (χ3v) is 7.90. The lowest BCUT2D eigenvalue weighted by Crippen LogP contribution is -2.51. The average Bonchev–Trinajstić information content (AvgIpc) is 3.44. The van der Waals surface area contributed by atoms with Crippen LogP contribution in [0.5, 0.6) is 0 Å². The molecule has 1 aliphatic heterocycles. The highest BCUT2D eigenvalue weighted by Crippen LogP contribution is 2.26. The SMILES string of the molecule is CC1CCN(C(=O)C(CCn2cccc2C#N)NS(=O)(=O)c2cc3c(cc2F)C=CC3)CC1. The molecule has 1 amide bonds. The first-order chi connectivity index (χ1) is 15.8. The number of allylic oxidation sites excluding steroid dienone is 1. The predicted octanol–water partition coefficient (Wildman–Crippen LogP) is 3.06. The molecule has 7 nitrogen and oxygen atoms in total. The number of fused-ring (bicyclic) bond motifs is 1. The Balaban J connectivity index is 1.58. The first kappa shape index (κ1) is 23.2. The number of amides is 1. The molecular formula is C24H27FN4O3S. The van der Waals surface area contributed by atoms with Crippen LogP contribution < -0.4 is 4.72 Å². The van der Waals surface area contributed by atoms with Gasteiger partial charge in [0.05, 0.1) is 0 Å². The minimum absolute atomic E-state index is 0.140. The van der Waals surface area contributed by atoms with Gasteiger partial charge in [-0.15, -0.1) is 0 Å². The van der Waals surface area contributed by atoms with Crippen LogP contribution in [0.2, 0.25) is 0 Å². The van der Waals surface area contributed by atoms with Crippen LogP contribution in [-0.4, -0.2) is 42.9 Å². The van der Waals surface area contributed by atoms with Gasteiger partial charge in [0.1, 0.15) is 28.5 Å². The third-order valence-electron chi connectivity index (χ3n) is 6.41. The van der Waals surface area contributed by atoms with E-state index in [1.165, 1.54) is 12.1 Å². The maximum atomic E-state index is 14.7. The van der Waals surface area contributed by atoms with Gasteiger partial charge in [0, 0.05) is 25.8 Å². The van der Waals surface area contributed by atoms with E-state index in [4.69, 9.17) is 0 Å². The third kappa shape index (κ3) is 5.02. The Hall–Kier alpha value is -2.96. The Bertz CT molecular complexity index is 1220. The van der Waals surface area contributed by atoms with E-state index in [0.717, 1.165) is 18.4 Å². The molecule has 2 heterocycles. The van der Waals surface area contributed by atoms with Gasteiger partial charge in [-0.25, -0.2) is 12.8 Å². The molecule has 1 atom stereocenters. The van der Waals surface area contributed by atoms with Crippen molar-refractivity contribution in [3.8, 4) is 6.07 Å². The molecule has 1 N–H and O–H groups in total. The summed E-state index contributed by atoms with van der Waals surface area (Å²) < 4.78 is 45.2. The van der Waals surface area contributed by atoms with Crippen molar-refractivity contribution in [2.45, 2.75) is 50.1 Å². The molecule has 0 saturated carbocycles. The predicted molar refractivity (Wildman–Crippen MR) is 122 cm³/mol. The molecule has 1 saturated heterocycles. The number of nitriles is 1. The number of nitrogens with one attached hydrogen (secondary N) is 1. The topological polar surface area (TPSA) is 95.2 Å². The average molecular weight is 471 g/mol. The Morgan fingerprint density at radius 1 is 1.33 bits per heavy atom. The zero-order valence-corrected chi connectivity index (χ0v) is 19.3. The second-order valence-electron chi connectivity index (χ2n) is 8.76. The lowest BCUT2D eigenvalue weighted by molar-refractivity contribution is -0.134. The highest BCUT2D eigenvalue weighted by Gasteiger charge is 2.32. The molecule has 174 valence electrons. The molecule has 1 aromatic heterocycles. The minimum atomic E-state index is -4.29. The van der Waals surface area contributed by atoms with Crippen LogP contribution in [0.15, 0.2) is 41.4 Å². The standard InChI is InChI=1S/C24H27FN4O3S/c1-17-7-11-29(12-8-17)24(30)22(9-13-28-10-3-6-20(28)16-26)27-33(31,32)23-15-19-5-2-4-18(19)14-21(23)25/h2-4,6,10,14-15,17,22,27H,5,7-9,11-13H2,1H3. The summed E-state index contributed by atoms with van der Waals surface area (Å²) in [6.07, 6.45) is 7.71. The summed E-state index contributed by atoms with van der Waals surface area (Å²) in [6, 6.07) is 6.95. The van der Waals surface area contributed by atoms with Gasteiger partial charge in [-0.3, -0.25) is 4.79 Å². The normalized spacial score (nSPS) is 17.1. The summed E-state index contributed by atoms with van der Waals surface area (Å²) in [5.74, 6) is -0.654. The van der Waals surface area contributed by atoms with Crippen molar-refractivity contribution in [3.05, 3.63) is 59.2 Å². The number of hydrogen-bond donors (Lipinski definition) is 1. The first-order valence-corrected chi connectivity index (χ1v) is 12.6. The van der Waals surface area contributed by atoms with Crippen molar-refractivity contribution in [1.29, 1.82) is 5.26 Å². The van der Waals surface area contributed by atoms with E-state index < -0.39 is 26.8 Å². The molecule has 0 spiro atoms. The van der Waals surface area contributed by atoms with E-state index in [0.29, 0.717) is 36.7 Å². The van der Waals surface area contributed by atoms with Gasteiger partial charge >= 0.3 is 0 Å². The van der Waals surface area contributed by atoms with E-state index in [1.54, 1.807) is 33.9 Å². The number of carbonyl (C=O) groups excluding carboxylic acids is 1. The molecule has 2 aromatic rings. The Morgan fingerprint density at radius 3 is 2.82 bits per heavy atom. The number of benzene rings is 1. The zero-order valence-electron chi connectivity index (χ0n) is 18.5. The summed E-state index contributed by atoms with van der Waals surface area (Å²) >= 11 is 0. The zero-order chi connectivity index (χ0) is 23.6. The summed E-state index contributed by atoms with van der Waals surface area (Å²) in [6.45, 7) is 3.52. The van der Waals surface area contributed by atoms with Crippen LogP contribution in [0.3, 0.4) is 0 Å². The van der Waals surface area contributed by atoms with Gasteiger partial charge in [-0.05, 0) is 67.0 Å². The molecule has 0 radical (unpaired) electrons. The molecule has 4 rings (SSSR count). The fraction of sp³-hybridized carbons (Fsp3) is 0.417. The number of nitrogens with zero attached hydrogens (tertiary/aromatic N) is 3. The van der Waals surface area contributed by atoms with Crippen molar-refractivity contribution >= 4 is 22.0 Å². The molecule has 9 heteroatoms. The molecule has 2 aliphatic rings. The highest BCUT2D eigenvalue weighted by atomic mass is 32.2. The van der Waals surface area contributed by atoms with Crippen LogP contribution in [-0.2, 0) is 27.8 Å². The summed E-state index contributed by atoms with van der Waals surface area (Å²) in [5.41, 5.74) is 1.82. The smallest absolute Gasteiger partial charge is 0.244 e. The van der Waals surface area contributed by atoms with Crippen LogP contribution in [0.4, 0.5) is 4.39 Å². The molecular weight excluding hydrogens is 443 g/mol. The van der Waals surface area contributed by atoms with Gasteiger partial charge < -0.3 is 9.47 Å². The van der Waals surface area contributed by atoms with Gasteiger partial charge in [0.15, 0.2) is 0 Å². The van der Waals surface area contributed by atoms with Crippen LogP contribution in [0.25, 0.3) is 6.08 Å². The second kappa shape index (κ2) is 9.49. The maximum absolute atomic E-state index is 14.7. The number of aryl methyl sites for hydroxylation is 1. The van der Waals surface area contributed by atoms with Crippen molar-refractivity contribution in [3.63, 3.8) is 0 Å². The molecule has 1 fully saturated rings. The maximum Gasteiger partial charge on any atom is 0.244 e. The van der Waals surface area contributed by atoms with E-state index in [1.807, 2.05) is 6.08 Å². The summed E-state index contributed by atoms with van der Waals surface area (Å²) in [7, 11) is -4.29. The number of halogens is 1. The molecule has 1 unspecified atom stereocenters. The van der Waals surface area contributed by atoms with Crippen LogP contribution in [0.1, 0.15) is 43.0 Å². The van der Waals surface area contributed by atoms with E-state index in [-0.39, 0.29) is 18.9 Å². The monoisotopic (exact) mass is 470 g/mol. The van der Waals surface area contributed by atoms with E-state index in [9.17, 15) is 22.9 Å². The van der Waals surface area contributed by atoms with Gasteiger partial charge in [0.2, 0.25) is 15.9 Å². The van der Waals surface area contributed by atoms with Crippen molar-refractivity contribution in [1.82, 2.24) is 14.2 Å². The Kier molecular flexibility index (Phi) is 6.68. The molecule has 33 heavy (non-hydrogen) atoms. The number of aromatic nitrogens is 1. The quantitative estimate of drug-likeness (QED) is 0.673. The fourth-order valence-corrected chi connectivity index (χ4v) is 5.71. The number of carbonyl (C=O) groups is 1. The van der Waals surface area contributed by atoms with Crippen molar-refractivity contribution in [2.24, 2.45) is 5.92 Å². The van der Waals surface area contributed by atoms with Gasteiger partial charge in [-0.1, -0.05) is 19.1 Å². The minimum Gasteiger partial charge on any atom is -0.341 e. The Labute approximate surface area is 193 Å². The lowest BCUT2D eigenvalue weighted by atomic mass is 9.98. The summed E-state index contributed by atoms with van der Waals surface area (Å²) in [5, 5.41) is 9.25. The second-order valence-corrected chi connectivity index (χ2v) is 10.4. The molecule has 1 aliphatic carbocycles. The number of likely N-dealkylation sites (tertiary alicyclic amines) is 1. The van der Waals surface area contributed by atoms with E-state index >= 15 is 0 Å². The lowest BCUT2D eigenvalue weighted by Gasteiger charge is -2.33. The highest BCUT2D eigenvalue weighted by molar-refractivity contribution is 7.89. The first-order valence-electron chi connectivity index (χ1n) is 11.1. The van der Waals surface area contributed by atoms with Gasteiger partial charge in [-0.2, -0.15) is 9.98 Å². The fourth-order valence-electron chi connectivity index (χ4n) is 4.37. The largest absolute Gasteiger partial charge is 0.341 e. The molecule has 0 bridgehead atoms. The van der Waals surface area contributed by atoms with E-state index in [2.05, 4.69) is 17.7 Å².